The van der Waals surface area contributed by atoms with E-state index in [2.05, 4.69) is 32.9 Å². The highest BCUT2D eigenvalue weighted by Crippen LogP contribution is 2.38. The van der Waals surface area contributed by atoms with Crippen LogP contribution in [0.4, 0.5) is 0 Å². The molecule has 3 heteroatoms. The predicted octanol–water partition coefficient (Wildman–Crippen LogP) is 5.32. The lowest BCUT2D eigenvalue weighted by molar-refractivity contribution is -0.143. The lowest BCUT2D eigenvalue weighted by Crippen LogP contribution is -2.42. The molecule has 1 aliphatic heterocycles. The largest absolute Gasteiger partial charge is 0.465 e. The number of carbonyl (C=O) groups excluding carboxylic acids is 1. The minimum Gasteiger partial charge on any atom is -0.465 e. The Bertz CT molecular complexity index is 300. The lowest BCUT2D eigenvalue weighted by atomic mass is 10.1. The number of ether oxygens (including phenoxy) is 1. The van der Waals surface area contributed by atoms with Crippen molar-refractivity contribution in [3.63, 3.8) is 0 Å². The van der Waals surface area contributed by atoms with Gasteiger partial charge in [-0.3, -0.25) is 4.79 Å². The average molecular weight is 297 g/mol. The molecule has 116 valence electrons. The van der Waals surface area contributed by atoms with Crippen LogP contribution in [-0.2, 0) is 9.53 Å². The molecule has 1 unspecified atom stereocenters. The van der Waals surface area contributed by atoms with Crippen LogP contribution in [0, 0.1) is 0 Å². The maximum absolute atomic E-state index is 12.5. The standard InChI is InChI=1S/C17H32O2Si/c1-4-20(5-2,6-3)16-14-12-10-8-7-9-11-13-15-19-17(16)18/h9,11,16H,4-8,10,12-15H2,1-3H3/b11-9-. The average Bonchev–Trinajstić information content (AvgIpc) is 2.47. The minimum absolute atomic E-state index is 0.108. The van der Waals surface area contributed by atoms with E-state index in [0.29, 0.717) is 6.61 Å². The highest BCUT2D eigenvalue weighted by atomic mass is 28.3. The van der Waals surface area contributed by atoms with Gasteiger partial charge in [-0.05, 0) is 25.7 Å². The van der Waals surface area contributed by atoms with E-state index in [1.807, 2.05) is 0 Å². The molecule has 0 spiro atoms. The van der Waals surface area contributed by atoms with Crippen LogP contribution in [0.1, 0.15) is 59.3 Å². The molecule has 0 radical (unpaired) electrons. The van der Waals surface area contributed by atoms with Crippen LogP contribution >= 0.6 is 0 Å². The van der Waals surface area contributed by atoms with Crippen molar-refractivity contribution < 1.29 is 9.53 Å². The van der Waals surface area contributed by atoms with E-state index in [9.17, 15) is 4.79 Å². The Labute approximate surface area is 126 Å². The molecule has 0 fully saturated rings. The Morgan fingerprint density at radius 3 is 2.35 bits per heavy atom. The van der Waals surface area contributed by atoms with Crippen LogP contribution in [0.25, 0.3) is 0 Å². The first-order valence-corrected chi connectivity index (χ1v) is 11.2. The number of hydrogen-bond acceptors (Lipinski definition) is 2. The van der Waals surface area contributed by atoms with E-state index in [4.69, 9.17) is 4.74 Å². The zero-order valence-electron chi connectivity index (χ0n) is 13.6. The van der Waals surface area contributed by atoms with E-state index < -0.39 is 8.07 Å². The van der Waals surface area contributed by atoms with E-state index in [1.165, 1.54) is 43.8 Å². The van der Waals surface area contributed by atoms with Crippen LogP contribution in [-0.4, -0.2) is 20.7 Å². The summed E-state index contributed by atoms with van der Waals surface area (Å²) in [7, 11) is -1.49. The summed E-state index contributed by atoms with van der Waals surface area (Å²) in [6.45, 7) is 7.41. The third-order valence-electron chi connectivity index (χ3n) is 5.20. The van der Waals surface area contributed by atoms with Crippen molar-refractivity contribution in [1.82, 2.24) is 0 Å². The summed E-state index contributed by atoms with van der Waals surface area (Å²) >= 11 is 0. The molecular weight excluding hydrogens is 264 g/mol. The summed E-state index contributed by atoms with van der Waals surface area (Å²) in [5.74, 6) is 0.108. The van der Waals surface area contributed by atoms with Crippen molar-refractivity contribution in [3.8, 4) is 0 Å². The minimum atomic E-state index is -1.49. The van der Waals surface area contributed by atoms with Crippen molar-refractivity contribution in [2.24, 2.45) is 0 Å². The summed E-state index contributed by atoms with van der Waals surface area (Å²) in [6.07, 6.45) is 11.2. The smallest absolute Gasteiger partial charge is 0.306 e. The van der Waals surface area contributed by atoms with Gasteiger partial charge < -0.3 is 4.74 Å². The lowest BCUT2D eigenvalue weighted by Gasteiger charge is -2.35. The van der Waals surface area contributed by atoms with Crippen LogP contribution in [0.5, 0.6) is 0 Å². The summed E-state index contributed by atoms with van der Waals surface area (Å²) in [5.41, 5.74) is 0.228. The van der Waals surface area contributed by atoms with Crippen molar-refractivity contribution in [1.29, 1.82) is 0 Å². The summed E-state index contributed by atoms with van der Waals surface area (Å²) in [6, 6.07) is 3.62. The Morgan fingerprint density at radius 2 is 1.70 bits per heavy atom. The first-order valence-electron chi connectivity index (χ1n) is 8.51. The summed E-state index contributed by atoms with van der Waals surface area (Å²) in [5, 5.41) is 0. The van der Waals surface area contributed by atoms with Gasteiger partial charge >= 0.3 is 5.97 Å². The zero-order valence-corrected chi connectivity index (χ0v) is 14.6. The molecule has 1 heterocycles. The maximum Gasteiger partial charge on any atom is 0.306 e. The van der Waals surface area contributed by atoms with Crippen molar-refractivity contribution >= 4 is 14.0 Å². The molecule has 0 aliphatic carbocycles. The number of esters is 1. The van der Waals surface area contributed by atoms with E-state index in [-0.39, 0.29) is 11.5 Å². The molecule has 0 aromatic heterocycles. The number of allylic oxidation sites excluding steroid dienone is 1. The van der Waals surface area contributed by atoms with E-state index in [1.54, 1.807) is 0 Å². The highest BCUT2D eigenvalue weighted by Gasteiger charge is 2.41. The molecule has 0 bridgehead atoms. The Morgan fingerprint density at radius 1 is 1.05 bits per heavy atom. The number of carbonyl (C=O) groups is 1. The Balaban J connectivity index is 2.81. The molecular formula is C17H32O2Si. The van der Waals surface area contributed by atoms with Gasteiger partial charge in [0.25, 0.3) is 0 Å². The maximum atomic E-state index is 12.5. The monoisotopic (exact) mass is 296 g/mol. The van der Waals surface area contributed by atoms with Crippen molar-refractivity contribution in [2.75, 3.05) is 6.61 Å². The van der Waals surface area contributed by atoms with Crippen LogP contribution in [0.2, 0.25) is 23.7 Å². The Kier molecular flexibility index (Phi) is 8.20. The molecule has 1 aliphatic rings. The van der Waals surface area contributed by atoms with Gasteiger partial charge in [-0.15, -0.1) is 0 Å². The number of hydrogen-bond donors (Lipinski definition) is 0. The van der Waals surface area contributed by atoms with Gasteiger partial charge in [-0.25, -0.2) is 0 Å². The SMILES string of the molecule is CC[Si](CC)(CC)C1CCCCC/C=C\CCOC1=O. The number of cyclic esters (lactones) is 1. The van der Waals surface area contributed by atoms with Gasteiger partial charge in [0.05, 0.1) is 20.2 Å². The van der Waals surface area contributed by atoms with Gasteiger partial charge in [0.2, 0.25) is 0 Å². The molecule has 0 aromatic rings. The molecule has 0 amide bonds. The molecule has 2 nitrogen and oxygen atoms in total. The summed E-state index contributed by atoms with van der Waals surface area (Å²) < 4.78 is 5.58. The fraction of sp³-hybridized carbons (Fsp3) is 0.824. The second-order valence-corrected chi connectivity index (χ2v) is 11.6. The third-order valence-corrected chi connectivity index (χ3v) is 11.4. The van der Waals surface area contributed by atoms with Crippen molar-refractivity contribution in [3.05, 3.63) is 12.2 Å². The van der Waals surface area contributed by atoms with Gasteiger partial charge in [0.1, 0.15) is 0 Å². The molecule has 1 atom stereocenters. The van der Waals surface area contributed by atoms with E-state index >= 15 is 0 Å². The molecule has 0 N–H and O–H groups in total. The topological polar surface area (TPSA) is 26.3 Å². The van der Waals surface area contributed by atoms with Crippen LogP contribution in [0.3, 0.4) is 0 Å². The van der Waals surface area contributed by atoms with Gasteiger partial charge in [-0.1, -0.05) is 63.9 Å². The Hall–Kier alpha value is -0.573. The highest BCUT2D eigenvalue weighted by molar-refractivity contribution is 6.83. The fourth-order valence-corrected chi connectivity index (χ4v) is 7.89. The van der Waals surface area contributed by atoms with Gasteiger partial charge in [0.15, 0.2) is 0 Å². The third kappa shape index (κ3) is 4.76. The van der Waals surface area contributed by atoms with Gasteiger partial charge in [0, 0.05) is 0 Å². The first kappa shape index (κ1) is 17.5. The fourth-order valence-electron chi connectivity index (χ4n) is 3.51. The van der Waals surface area contributed by atoms with Crippen LogP contribution in [0.15, 0.2) is 12.2 Å². The molecule has 0 saturated heterocycles. The molecule has 0 aromatic carbocycles. The molecule has 20 heavy (non-hydrogen) atoms. The molecule has 1 rings (SSSR count). The quantitative estimate of drug-likeness (QED) is 0.399. The predicted molar refractivity (Wildman–Crippen MR) is 88.7 cm³/mol. The van der Waals surface area contributed by atoms with E-state index in [0.717, 1.165) is 12.8 Å². The first-order chi connectivity index (χ1) is 9.70. The van der Waals surface area contributed by atoms with Gasteiger partial charge in [-0.2, -0.15) is 0 Å². The zero-order chi connectivity index (χ0) is 14.8. The summed E-state index contributed by atoms with van der Waals surface area (Å²) in [4.78, 5) is 12.5. The molecule has 0 saturated carbocycles. The van der Waals surface area contributed by atoms with Crippen LogP contribution < -0.4 is 0 Å². The van der Waals surface area contributed by atoms with Crippen molar-refractivity contribution in [2.45, 2.75) is 83.0 Å². The second-order valence-electron chi connectivity index (χ2n) is 6.04. The number of rotatable bonds is 4. The second kappa shape index (κ2) is 9.38. The normalized spacial score (nSPS) is 24.4.